The standard InChI is InChI=1S/C11H18N2O2S/c1-4-5-13-16(14,15)11-7-8(2)6-10(12)9(11)3/h6-7,13H,4-5,12H2,1-3H3. The first-order valence-electron chi connectivity index (χ1n) is 5.25. The van der Waals surface area contributed by atoms with E-state index in [0.29, 0.717) is 17.8 Å². The topological polar surface area (TPSA) is 72.2 Å². The third-order valence-electron chi connectivity index (χ3n) is 2.38. The Morgan fingerprint density at radius 1 is 1.31 bits per heavy atom. The first kappa shape index (κ1) is 13.0. The minimum atomic E-state index is -3.43. The van der Waals surface area contributed by atoms with Crippen LogP contribution in [0.15, 0.2) is 17.0 Å². The molecule has 0 unspecified atom stereocenters. The van der Waals surface area contributed by atoms with Gasteiger partial charge in [-0.3, -0.25) is 0 Å². The molecule has 0 aliphatic rings. The Hall–Kier alpha value is -1.07. The average Bonchev–Trinajstić information content (AvgIpc) is 2.20. The van der Waals surface area contributed by atoms with Crippen LogP contribution < -0.4 is 10.5 Å². The lowest BCUT2D eigenvalue weighted by molar-refractivity contribution is 0.580. The summed E-state index contributed by atoms with van der Waals surface area (Å²) in [6.07, 6.45) is 0.763. The van der Waals surface area contributed by atoms with Crippen molar-refractivity contribution in [2.75, 3.05) is 12.3 Å². The molecule has 3 N–H and O–H groups in total. The number of sulfonamides is 1. The van der Waals surface area contributed by atoms with Crippen LogP contribution in [0, 0.1) is 13.8 Å². The van der Waals surface area contributed by atoms with Gasteiger partial charge in [0.25, 0.3) is 0 Å². The van der Waals surface area contributed by atoms with Gasteiger partial charge in [0.15, 0.2) is 0 Å². The highest BCUT2D eigenvalue weighted by molar-refractivity contribution is 7.89. The van der Waals surface area contributed by atoms with Crippen molar-refractivity contribution in [2.45, 2.75) is 32.1 Å². The largest absolute Gasteiger partial charge is 0.398 e. The highest BCUT2D eigenvalue weighted by Crippen LogP contribution is 2.22. The molecule has 4 nitrogen and oxygen atoms in total. The lowest BCUT2D eigenvalue weighted by Crippen LogP contribution is -2.25. The lowest BCUT2D eigenvalue weighted by Gasteiger charge is -2.11. The van der Waals surface area contributed by atoms with Crippen LogP contribution in [0.5, 0.6) is 0 Å². The minimum Gasteiger partial charge on any atom is -0.398 e. The third kappa shape index (κ3) is 2.74. The van der Waals surface area contributed by atoms with Gasteiger partial charge in [0.1, 0.15) is 0 Å². The fraction of sp³-hybridized carbons (Fsp3) is 0.455. The van der Waals surface area contributed by atoms with E-state index in [1.54, 1.807) is 19.1 Å². The fourth-order valence-electron chi connectivity index (χ4n) is 1.45. The molecule has 0 saturated carbocycles. The van der Waals surface area contributed by atoms with Crippen LogP contribution >= 0.6 is 0 Å². The molecule has 0 spiro atoms. The van der Waals surface area contributed by atoms with E-state index < -0.39 is 10.0 Å². The van der Waals surface area contributed by atoms with Crippen molar-refractivity contribution in [2.24, 2.45) is 0 Å². The molecule has 0 radical (unpaired) electrons. The maximum Gasteiger partial charge on any atom is 0.240 e. The van der Waals surface area contributed by atoms with Crippen molar-refractivity contribution >= 4 is 15.7 Å². The molecular weight excluding hydrogens is 224 g/mol. The summed E-state index contributed by atoms with van der Waals surface area (Å²) in [6.45, 7) is 5.90. The summed E-state index contributed by atoms with van der Waals surface area (Å²) in [7, 11) is -3.43. The second-order valence-electron chi connectivity index (χ2n) is 3.88. The van der Waals surface area contributed by atoms with Crippen LogP contribution in [-0.2, 0) is 10.0 Å². The highest BCUT2D eigenvalue weighted by atomic mass is 32.2. The van der Waals surface area contributed by atoms with Crippen molar-refractivity contribution in [3.63, 3.8) is 0 Å². The van der Waals surface area contributed by atoms with E-state index in [-0.39, 0.29) is 4.90 Å². The number of nitrogen functional groups attached to an aromatic ring is 1. The fourth-order valence-corrected chi connectivity index (χ4v) is 2.94. The van der Waals surface area contributed by atoms with Crippen LogP contribution in [0.3, 0.4) is 0 Å². The number of nitrogens with one attached hydrogen (secondary N) is 1. The highest BCUT2D eigenvalue weighted by Gasteiger charge is 2.17. The molecule has 0 heterocycles. The van der Waals surface area contributed by atoms with E-state index in [9.17, 15) is 8.42 Å². The molecular formula is C11H18N2O2S. The molecule has 0 aliphatic heterocycles. The minimum absolute atomic E-state index is 0.276. The lowest BCUT2D eigenvalue weighted by atomic mass is 10.1. The molecule has 90 valence electrons. The van der Waals surface area contributed by atoms with Gasteiger partial charge in [0.2, 0.25) is 10.0 Å². The summed E-state index contributed by atoms with van der Waals surface area (Å²) >= 11 is 0. The van der Waals surface area contributed by atoms with E-state index in [1.165, 1.54) is 0 Å². The number of rotatable bonds is 4. The van der Waals surface area contributed by atoms with Gasteiger partial charge >= 0.3 is 0 Å². The summed E-state index contributed by atoms with van der Waals surface area (Å²) in [5.74, 6) is 0. The van der Waals surface area contributed by atoms with Gasteiger partial charge < -0.3 is 5.73 Å². The average molecular weight is 242 g/mol. The van der Waals surface area contributed by atoms with Crippen LogP contribution in [-0.4, -0.2) is 15.0 Å². The van der Waals surface area contributed by atoms with Gasteiger partial charge in [0, 0.05) is 12.2 Å². The molecule has 1 rings (SSSR count). The molecule has 0 bridgehead atoms. The Balaban J connectivity index is 3.22. The predicted molar refractivity (Wildman–Crippen MR) is 65.8 cm³/mol. The van der Waals surface area contributed by atoms with Crippen molar-refractivity contribution in [3.8, 4) is 0 Å². The van der Waals surface area contributed by atoms with Crippen molar-refractivity contribution < 1.29 is 8.42 Å². The zero-order chi connectivity index (χ0) is 12.3. The Kier molecular flexibility index (Phi) is 3.93. The van der Waals surface area contributed by atoms with Gasteiger partial charge in [-0.25, -0.2) is 13.1 Å². The Morgan fingerprint density at radius 3 is 2.50 bits per heavy atom. The molecule has 1 aromatic rings. The van der Waals surface area contributed by atoms with Crippen molar-refractivity contribution in [3.05, 3.63) is 23.3 Å². The molecule has 0 saturated heterocycles. The van der Waals surface area contributed by atoms with E-state index in [4.69, 9.17) is 5.73 Å². The van der Waals surface area contributed by atoms with Gasteiger partial charge in [-0.05, 0) is 43.5 Å². The van der Waals surface area contributed by atoms with Gasteiger partial charge in [-0.15, -0.1) is 0 Å². The SMILES string of the molecule is CCCNS(=O)(=O)c1cc(C)cc(N)c1C. The van der Waals surface area contributed by atoms with Gasteiger partial charge in [-0.2, -0.15) is 0 Å². The van der Waals surface area contributed by atoms with Crippen LogP contribution in [0.4, 0.5) is 5.69 Å². The summed E-state index contributed by atoms with van der Waals surface area (Å²) in [5, 5.41) is 0. The molecule has 5 heteroatoms. The zero-order valence-corrected chi connectivity index (χ0v) is 10.7. The van der Waals surface area contributed by atoms with Crippen LogP contribution in [0.2, 0.25) is 0 Å². The molecule has 0 aliphatic carbocycles. The molecule has 0 atom stereocenters. The monoisotopic (exact) mass is 242 g/mol. The summed E-state index contributed by atoms with van der Waals surface area (Å²) in [6, 6.07) is 3.41. The quantitative estimate of drug-likeness (QED) is 0.787. The van der Waals surface area contributed by atoms with Gasteiger partial charge in [-0.1, -0.05) is 6.92 Å². The first-order valence-corrected chi connectivity index (χ1v) is 6.73. The Labute approximate surface area is 96.9 Å². The maximum absolute atomic E-state index is 11.9. The molecule has 0 amide bonds. The summed E-state index contributed by atoms with van der Waals surface area (Å²) in [4.78, 5) is 0.276. The van der Waals surface area contributed by atoms with Crippen molar-refractivity contribution in [1.29, 1.82) is 0 Å². The maximum atomic E-state index is 11.9. The molecule has 0 fully saturated rings. The third-order valence-corrected chi connectivity index (χ3v) is 3.96. The van der Waals surface area contributed by atoms with E-state index >= 15 is 0 Å². The first-order chi connectivity index (χ1) is 7.38. The second kappa shape index (κ2) is 4.84. The number of hydrogen-bond acceptors (Lipinski definition) is 3. The normalized spacial score (nSPS) is 11.7. The summed E-state index contributed by atoms with van der Waals surface area (Å²) in [5.41, 5.74) is 7.72. The zero-order valence-electron chi connectivity index (χ0n) is 9.87. The number of nitrogens with two attached hydrogens (primary N) is 1. The van der Waals surface area contributed by atoms with E-state index in [1.807, 2.05) is 13.8 Å². The number of anilines is 1. The van der Waals surface area contributed by atoms with Crippen molar-refractivity contribution in [1.82, 2.24) is 4.72 Å². The van der Waals surface area contributed by atoms with Crippen LogP contribution in [0.25, 0.3) is 0 Å². The van der Waals surface area contributed by atoms with Gasteiger partial charge in [0.05, 0.1) is 4.90 Å². The number of aryl methyl sites for hydroxylation is 1. The summed E-state index contributed by atoms with van der Waals surface area (Å²) < 4.78 is 26.4. The molecule has 16 heavy (non-hydrogen) atoms. The molecule has 0 aromatic heterocycles. The number of hydrogen-bond donors (Lipinski definition) is 2. The Morgan fingerprint density at radius 2 is 1.94 bits per heavy atom. The molecule has 1 aromatic carbocycles. The van der Waals surface area contributed by atoms with E-state index in [2.05, 4.69) is 4.72 Å². The smallest absolute Gasteiger partial charge is 0.240 e. The van der Waals surface area contributed by atoms with Crippen LogP contribution in [0.1, 0.15) is 24.5 Å². The predicted octanol–water partition coefficient (Wildman–Crippen LogP) is 1.57. The van der Waals surface area contributed by atoms with E-state index in [0.717, 1.165) is 12.0 Å². The second-order valence-corrected chi connectivity index (χ2v) is 5.61. The number of benzene rings is 1. The Bertz CT molecular complexity index is 481.